The molecule has 0 unspecified atom stereocenters. The summed E-state index contributed by atoms with van der Waals surface area (Å²) in [4.78, 5) is 45.7. The van der Waals surface area contributed by atoms with Crippen LogP contribution in [0.15, 0.2) is 103 Å². The fourth-order valence-electron chi connectivity index (χ4n) is 6.91. The Balaban J connectivity index is 1.53. The largest absolute Gasteiger partial charge is 0.497 e. The summed E-state index contributed by atoms with van der Waals surface area (Å²) in [7, 11) is 1.54. The lowest BCUT2D eigenvalue weighted by molar-refractivity contribution is -0.122. The molecule has 4 aromatic rings. The molecule has 7 rings (SSSR count). The molecule has 0 radical (unpaired) electrons. The van der Waals surface area contributed by atoms with Crippen molar-refractivity contribution in [1.82, 2.24) is 4.90 Å². The fourth-order valence-corrected chi connectivity index (χ4v) is 7.03. The number of benzene rings is 4. The second kappa shape index (κ2) is 9.46. The number of halogens is 1. The van der Waals surface area contributed by atoms with Crippen LogP contribution in [0.4, 0.5) is 5.69 Å². The number of ether oxygens (including phenoxy) is 1. The van der Waals surface area contributed by atoms with Gasteiger partial charge in [0, 0.05) is 28.0 Å². The number of carbonyl (C=O) groups excluding carboxylic acids is 3. The van der Waals surface area contributed by atoms with Crippen molar-refractivity contribution in [3.05, 3.63) is 136 Å². The van der Waals surface area contributed by atoms with E-state index in [0.717, 1.165) is 11.1 Å². The van der Waals surface area contributed by atoms with E-state index in [-0.39, 0.29) is 17.5 Å². The van der Waals surface area contributed by atoms with Crippen LogP contribution in [0, 0.1) is 5.92 Å². The summed E-state index contributed by atoms with van der Waals surface area (Å²) in [5, 5.41) is 3.57. The second-order valence-corrected chi connectivity index (χ2v) is 11.0. The van der Waals surface area contributed by atoms with E-state index in [0.29, 0.717) is 33.1 Å². The normalized spacial score (nSPS) is 23.5. The molecule has 3 aliphatic heterocycles. The van der Waals surface area contributed by atoms with Gasteiger partial charge in [0.05, 0.1) is 19.1 Å². The van der Waals surface area contributed by atoms with Crippen LogP contribution >= 0.6 is 11.6 Å². The van der Waals surface area contributed by atoms with E-state index in [1.807, 2.05) is 65.7 Å². The van der Waals surface area contributed by atoms with Gasteiger partial charge in [-0.15, -0.1) is 0 Å². The monoisotopic (exact) mass is 560 g/mol. The maximum atomic E-state index is 14.8. The Kier molecular flexibility index (Phi) is 5.84. The minimum absolute atomic E-state index is 0.258. The number of Topliss-reactive ketones (excluding diaryl/α,β-unsaturated/α-hetero) is 2. The Morgan fingerprint density at radius 3 is 2.44 bits per heavy atom. The Morgan fingerprint density at radius 1 is 0.878 bits per heavy atom. The van der Waals surface area contributed by atoms with Crippen molar-refractivity contribution in [2.24, 2.45) is 5.92 Å². The van der Waals surface area contributed by atoms with E-state index in [4.69, 9.17) is 16.3 Å². The van der Waals surface area contributed by atoms with Crippen LogP contribution in [0.5, 0.6) is 5.75 Å². The highest BCUT2D eigenvalue weighted by Gasteiger charge is 2.70. The summed E-state index contributed by atoms with van der Waals surface area (Å²) in [5.74, 6) is -1.40. The molecule has 1 fully saturated rings. The number of hydrogen-bond donors (Lipinski definition) is 1. The molecule has 4 atom stereocenters. The summed E-state index contributed by atoms with van der Waals surface area (Å²) < 4.78 is 5.43. The van der Waals surface area contributed by atoms with E-state index >= 15 is 0 Å². The number of amides is 1. The van der Waals surface area contributed by atoms with E-state index in [2.05, 4.69) is 5.32 Å². The molecule has 3 aliphatic rings. The number of fused-ring (bicyclic) bond motifs is 6. The quantitative estimate of drug-likeness (QED) is 0.289. The smallest absolute Gasteiger partial charge is 0.238 e. The molecule has 0 saturated carbocycles. The van der Waals surface area contributed by atoms with Gasteiger partial charge < -0.3 is 15.0 Å². The number of carbonyl (C=O) groups is 3. The predicted molar refractivity (Wildman–Crippen MR) is 157 cm³/mol. The first-order chi connectivity index (χ1) is 19.9. The van der Waals surface area contributed by atoms with Crippen LogP contribution in [0.25, 0.3) is 6.08 Å². The second-order valence-electron chi connectivity index (χ2n) is 10.6. The first kappa shape index (κ1) is 25.3. The molecule has 1 saturated heterocycles. The van der Waals surface area contributed by atoms with Crippen LogP contribution in [0.3, 0.4) is 0 Å². The molecular formula is C34H25ClN2O4. The molecule has 0 aromatic heterocycles. The minimum atomic E-state index is -1.38. The molecule has 3 heterocycles. The number of ketones is 2. The SMILES string of the molecule is COc1cccc(C(=O)[C@H]2[C@H](C(=O)c3ccc(Cl)cc3)N3C=Cc4ccccc4[C@@H]3[C@]23C(=O)Nc2ccccc23)c1. The molecule has 41 heavy (non-hydrogen) atoms. The number of rotatable bonds is 5. The van der Waals surface area contributed by atoms with Crippen LogP contribution in [0.2, 0.25) is 5.02 Å². The zero-order valence-corrected chi connectivity index (χ0v) is 22.8. The van der Waals surface area contributed by atoms with Crippen molar-refractivity contribution in [2.45, 2.75) is 17.5 Å². The molecule has 4 aromatic carbocycles. The van der Waals surface area contributed by atoms with Crippen molar-refractivity contribution in [2.75, 3.05) is 12.4 Å². The molecule has 202 valence electrons. The van der Waals surface area contributed by atoms with Gasteiger partial charge in [0.15, 0.2) is 11.6 Å². The van der Waals surface area contributed by atoms with Gasteiger partial charge in [-0.25, -0.2) is 0 Å². The number of anilines is 1. The van der Waals surface area contributed by atoms with E-state index < -0.39 is 23.4 Å². The van der Waals surface area contributed by atoms with Gasteiger partial charge in [-0.05, 0) is 65.2 Å². The zero-order chi connectivity index (χ0) is 28.3. The van der Waals surface area contributed by atoms with Crippen molar-refractivity contribution in [3.8, 4) is 5.75 Å². The molecule has 1 N–H and O–H groups in total. The average molecular weight is 561 g/mol. The standard InChI is InChI=1S/C34H25ClN2O4/c1-41-24-9-6-8-22(19-24)30(38)28-29(31(39)21-13-15-23(35)16-14-21)37-18-17-20-7-2-3-10-25(20)32(37)34(28)26-11-4-5-12-27(26)36-33(34)40/h2-19,28-29,32H,1H3,(H,36,40)/t28-,29-,32-,34-/m1/s1. The average Bonchev–Trinajstić information content (AvgIpc) is 3.49. The molecule has 1 spiro atoms. The molecular weight excluding hydrogens is 536 g/mol. The molecule has 1 amide bonds. The highest BCUT2D eigenvalue weighted by molar-refractivity contribution is 6.30. The Hall–Kier alpha value is -4.68. The molecule has 0 bridgehead atoms. The first-order valence-electron chi connectivity index (χ1n) is 13.4. The van der Waals surface area contributed by atoms with E-state index in [1.165, 1.54) is 7.11 Å². The Morgan fingerprint density at radius 2 is 1.63 bits per heavy atom. The highest BCUT2D eigenvalue weighted by atomic mass is 35.5. The summed E-state index contributed by atoms with van der Waals surface area (Å²) >= 11 is 6.15. The van der Waals surface area contributed by atoms with E-state index in [9.17, 15) is 14.4 Å². The predicted octanol–water partition coefficient (Wildman–Crippen LogP) is 6.33. The summed E-state index contributed by atoms with van der Waals surface area (Å²) in [5.41, 5.74) is 2.58. The zero-order valence-electron chi connectivity index (χ0n) is 22.1. The molecule has 6 nitrogen and oxygen atoms in total. The topological polar surface area (TPSA) is 75.7 Å². The van der Waals surface area contributed by atoms with Gasteiger partial charge in [0.1, 0.15) is 17.2 Å². The van der Waals surface area contributed by atoms with Gasteiger partial charge >= 0.3 is 0 Å². The summed E-state index contributed by atoms with van der Waals surface area (Å²) in [6, 6.07) is 27.3. The summed E-state index contributed by atoms with van der Waals surface area (Å²) in [6.07, 6.45) is 3.80. The van der Waals surface area contributed by atoms with Gasteiger partial charge in [-0.1, -0.05) is 66.2 Å². The Labute approximate surface area is 242 Å². The number of para-hydroxylation sites is 1. The number of methoxy groups -OCH3 is 1. The molecule has 7 heteroatoms. The van der Waals surface area contributed by atoms with Crippen molar-refractivity contribution >= 4 is 40.8 Å². The lowest BCUT2D eigenvalue weighted by atomic mass is 9.62. The maximum absolute atomic E-state index is 14.8. The van der Waals surface area contributed by atoms with Crippen LogP contribution < -0.4 is 10.1 Å². The minimum Gasteiger partial charge on any atom is -0.497 e. The lowest BCUT2D eigenvalue weighted by Crippen LogP contribution is -2.49. The number of hydrogen-bond acceptors (Lipinski definition) is 5. The van der Waals surface area contributed by atoms with Crippen molar-refractivity contribution < 1.29 is 19.1 Å². The summed E-state index contributed by atoms with van der Waals surface area (Å²) in [6.45, 7) is 0. The third kappa shape index (κ3) is 3.60. The van der Waals surface area contributed by atoms with Gasteiger partial charge in [-0.3, -0.25) is 14.4 Å². The highest BCUT2D eigenvalue weighted by Crippen LogP contribution is 2.62. The first-order valence-corrected chi connectivity index (χ1v) is 13.8. The van der Waals surface area contributed by atoms with Crippen LogP contribution in [-0.2, 0) is 10.2 Å². The van der Waals surface area contributed by atoms with Gasteiger partial charge in [-0.2, -0.15) is 0 Å². The number of nitrogens with zero attached hydrogens (tertiary/aromatic N) is 1. The molecule has 0 aliphatic carbocycles. The fraction of sp³-hybridized carbons (Fsp3) is 0.147. The van der Waals surface area contributed by atoms with Crippen molar-refractivity contribution in [1.29, 1.82) is 0 Å². The van der Waals surface area contributed by atoms with Crippen molar-refractivity contribution in [3.63, 3.8) is 0 Å². The lowest BCUT2D eigenvalue weighted by Gasteiger charge is -2.38. The van der Waals surface area contributed by atoms with Gasteiger partial charge in [0.2, 0.25) is 5.91 Å². The third-order valence-electron chi connectivity index (χ3n) is 8.60. The Bertz CT molecular complexity index is 1760. The van der Waals surface area contributed by atoms with E-state index in [1.54, 1.807) is 48.5 Å². The number of nitrogens with one attached hydrogen (secondary N) is 1. The van der Waals surface area contributed by atoms with Gasteiger partial charge in [0.25, 0.3) is 0 Å². The van der Waals surface area contributed by atoms with Crippen LogP contribution in [0.1, 0.15) is 43.4 Å². The van der Waals surface area contributed by atoms with Crippen LogP contribution in [-0.4, -0.2) is 35.5 Å². The maximum Gasteiger partial charge on any atom is 0.238 e. The third-order valence-corrected chi connectivity index (χ3v) is 8.86.